The summed E-state index contributed by atoms with van der Waals surface area (Å²) in [6.07, 6.45) is -0.394. The third-order valence-corrected chi connectivity index (χ3v) is 5.54. The number of primary amides is 1. The number of fused-ring (bicyclic) bond motifs is 1. The number of amides is 2. The molecule has 2 aromatic carbocycles. The smallest absolute Gasteiger partial charge is 0.252 e. The van der Waals surface area contributed by atoms with Gasteiger partial charge in [-0.3, -0.25) is 9.59 Å². The van der Waals surface area contributed by atoms with Crippen LogP contribution in [0.25, 0.3) is 0 Å². The second kappa shape index (κ2) is 9.74. The number of rotatable bonds is 8. The number of nitrogens with zero attached hydrogens (tertiary/aromatic N) is 1. The minimum Gasteiger partial charge on any atom is -0.490 e. The summed E-state index contributed by atoms with van der Waals surface area (Å²) < 4.78 is 18.0. The third kappa shape index (κ3) is 5.60. The number of benzene rings is 2. The lowest BCUT2D eigenvalue weighted by molar-refractivity contribution is -0.128. The van der Waals surface area contributed by atoms with Crippen molar-refractivity contribution >= 4 is 40.5 Å². The Morgan fingerprint density at radius 2 is 2.00 bits per heavy atom. The number of ether oxygens (including phenoxy) is 1. The van der Waals surface area contributed by atoms with Crippen molar-refractivity contribution in [3.8, 4) is 5.75 Å². The molecule has 8 nitrogen and oxygen atoms in total. The molecule has 178 valence electrons. The summed E-state index contributed by atoms with van der Waals surface area (Å²) in [5.41, 5.74) is 8.12. The van der Waals surface area contributed by atoms with Gasteiger partial charge in [-0.05, 0) is 23.8 Å². The Labute approximate surface area is 197 Å². The van der Waals surface area contributed by atoms with E-state index in [0.717, 1.165) is 11.3 Å². The van der Waals surface area contributed by atoms with Crippen molar-refractivity contribution in [3.05, 3.63) is 46.5 Å². The molecule has 10 heteroatoms. The van der Waals surface area contributed by atoms with Gasteiger partial charge in [0.05, 0.1) is 27.6 Å². The predicted octanol–water partition coefficient (Wildman–Crippen LogP) is 3.71. The van der Waals surface area contributed by atoms with Gasteiger partial charge in [-0.2, -0.15) is 0 Å². The number of anilines is 3. The highest BCUT2D eigenvalue weighted by molar-refractivity contribution is 6.33. The van der Waals surface area contributed by atoms with E-state index in [1.54, 1.807) is 18.2 Å². The molecule has 0 radical (unpaired) electrons. The number of carbonyl (C=O) groups is 2. The first-order valence-corrected chi connectivity index (χ1v) is 10.9. The van der Waals surface area contributed by atoms with Crippen LogP contribution in [0.15, 0.2) is 30.3 Å². The van der Waals surface area contributed by atoms with Crippen molar-refractivity contribution in [1.82, 2.24) is 5.32 Å². The second-order valence-corrected chi connectivity index (χ2v) is 9.22. The summed E-state index contributed by atoms with van der Waals surface area (Å²) >= 11 is 6.41. The molecule has 0 fully saturated rings. The lowest BCUT2D eigenvalue weighted by Crippen LogP contribution is -2.39. The highest BCUT2D eigenvalue weighted by Gasteiger charge is 2.29. The Balaban J connectivity index is 1.78. The van der Waals surface area contributed by atoms with Crippen molar-refractivity contribution < 1.29 is 18.7 Å². The van der Waals surface area contributed by atoms with Gasteiger partial charge < -0.3 is 31.3 Å². The first-order chi connectivity index (χ1) is 15.5. The number of hydrogen-bond acceptors (Lipinski definition) is 6. The quantitative estimate of drug-likeness (QED) is 0.461. The van der Waals surface area contributed by atoms with Crippen LogP contribution in [0, 0.1) is 5.41 Å². The Hall–Kier alpha value is -3.20. The maximum absolute atomic E-state index is 12.6. The van der Waals surface area contributed by atoms with E-state index in [0.29, 0.717) is 22.9 Å². The topological polar surface area (TPSA) is 109 Å². The van der Waals surface area contributed by atoms with Crippen LogP contribution in [-0.4, -0.2) is 38.4 Å². The predicted molar refractivity (Wildman–Crippen MR) is 129 cm³/mol. The molecule has 2 aromatic rings. The van der Waals surface area contributed by atoms with E-state index in [1.165, 1.54) is 0 Å². The lowest BCUT2D eigenvalue weighted by atomic mass is 9.95. The maximum atomic E-state index is 12.6. The van der Waals surface area contributed by atoms with Crippen molar-refractivity contribution in [2.45, 2.75) is 33.6 Å². The highest BCUT2D eigenvalue weighted by Crippen LogP contribution is 2.39. The average molecular weight is 478 g/mol. The molecule has 1 heterocycles. The molecular weight excluding hydrogens is 449 g/mol. The van der Waals surface area contributed by atoms with E-state index in [9.17, 15) is 14.0 Å². The fourth-order valence-corrected chi connectivity index (χ4v) is 3.51. The summed E-state index contributed by atoms with van der Waals surface area (Å²) in [4.78, 5) is 25.9. The van der Waals surface area contributed by atoms with Gasteiger partial charge in [-0.15, -0.1) is 0 Å². The van der Waals surface area contributed by atoms with Crippen molar-refractivity contribution in [3.63, 3.8) is 0 Å². The average Bonchev–Trinajstić information content (AvgIpc) is 3.05. The molecule has 2 amide bonds. The molecule has 0 aliphatic carbocycles. The Morgan fingerprint density at radius 1 is 1.27 bits per heavy atom. The van der Waals surface area contributed by atoms with E-state index in [4.69, 9.17) is 22.1 Å². The number of hydrogen-bond donors (Lipinski definition) is 4. The summed E-state index contributed by atoms with van der Waals surface area (Å²) in [6.45, 7) is 5.08. The minimum atomic E-state index is -0.682. The van der Waals surface area contributed by atoms with E-state index in [2.05, 4.69) is 16.0 Å². The van der Waals surface area contributed by atoms with Gasteiger partial charge in [0, 0.05) is 25.1 Å². The Morgan fingerprint density at radius 3 is 2.64 bits per heavy atom. The van der Waals surface area contributed by atoms with Crippen molar-refractivity contribution in [2.24, 2.45) is 11.1 Å². The van der Waals surface area contributed by atoms with E-state index in [1.807, 2.05) is 44.9 Å². The zero-order chi connectivity index (χ0) is 24.3. The molecule has 0 spiro atoms. The van der Waals surface area contributed by atoms with Gasteiger partial charge in [0.15, 0.2) is 6.29 Å². The van der Waals surface area contributed by atoms with Crippen molar-refractivity contribution in [2.75, 3.05) is 35.9 Å². The van der Waals surface area contributed by atoms with Crippen LogP contribution in [0.2, 0.25) is 5.02 Å². The number of alkyl halides is 1. The van der Waals surface area contributed by atoms with E-state index in [-0.39, 0.29) is 23.8 Å². The number of halogens is 2. The summed E-state index contributed by atoms with van der Waals surface area (Å²) in [7, 11) is 1.85. The largest absolute Gasteiger partial charge is 0.490 e. The molecule has 5 N–H and O–H groups in total. The van der Waals surface area contributed by atoms with Crippen LogP contribution in [0.1, 0.15) is 36.7 Å². The summed E-state index contributed by atoms with van der Waals surface area (Å²) in [5.74, 6) is -0.487. The number of nitrogens with two attached hydrogens (primary N) is 1. The summed E-state index contributed by atoms with van der Waals surface area (Å²) in [6, 6.07) is 8.72. The molecule has 1 aliphatic rings. The van der Waals surface area contributed by atoms with Gasteiger partial charge in [0.2, 0.25) is 5.91 Å². The second-order valence-electron chi connectivity index (χ2n) is 8.82. The van der Waals surface area contributed by atoms with E-state index >= 15 is 0 Å². The fourth-order valence-electron chi connectivity index (χ4n) is 3.34. The van der Waals surface area contributed by atoms with Crippen LogP contribution >= 0.6 is 11.6 Å². The molecule has 0 saturated carbocycles. The van der Waals surface area contributed by atoms with Crippen LogP contribution < -0.4 is 31.3 Å². The molecule has 1 atom stereocenters. The molecule has 0 aromatic heterocycles. The highest BCUT2D eigenvalue weighted by atomic mass is 35.5. The number of carbonyl (C=O) groups excluding carboxylic acids is 2. The lowest BCUT2D eigenvalue weighted by Gasteiger charge is -2.25. The Kier molecular flexibility index (Phi) is 7.22. The van der Waals surface area contributed by atoms with Crippen LogP contribution in [0.3, 0.4) is 0 Å². The zero-order valence-corrected chi connectivity index (χ0v) is 19.8. The molecule has 1 unspecified atom stereocenters. The van der Waals surface area contributed by atoms with Gasteiger partial charge >= 0.3 is 0 Å². The maximum Gasteiger partial charge on any atom is 0.252 e. The fraction of sp³-hybridized carbons (Fsp3) is 0.391. The van der Waals surface area contributed by atoms with Gasteiger partial charge in [0.25, 0.3) is 5.91 Å². The monoisotopic (exact) mass is 477 g/mol. The minimum absolute atomic E-state index is 0.0457. The molecule has 3 rings (SSSR count). The van der Waals surface area contributed by atoms with E-state index < -0.39 is 24.3 Å². The first kappa shape index (κ1) is 24.4. The van der Waals surface area contributed by atoms with Gasteiger partial charge in [-0.25, -0.2) is 4.39 Å². The summed E-state index contributed by atoms with van der Waals surface area (Å²) in [5, 5.41) is 10.0. The van der Waals surface area contributed by atoms with Gasteiger partial charge in [0.1, 0.15) is 19.0 Å². The molecule has 0 bridgehead atoms. The van der Waals surface area contributed by atoms with Gasteiger partial charge in [-0.1, -0.05) is 38.4 Å². The van der Waals surface area contributed by atoms with Crippen molar-refractivity contribution in [1.29, 1.82) is 0 Å². The first-order valence-electron chi connectivity index (χ1n) is 10.5. The standard InChI is InChI=1S/C23H29ClFN5O3/c1-23(2,3)21(32)27-12-13-5-6-15(24)16(9-13)28-22-29-17-10-14(20(26)31)19(33-8-7-25)11-18(17)30(22)4/h5-6,9-11,22,28-29H,7-8,12H2,1-4H3,(H2,26,31)(H,27,32). The SMILES string of the molecule is CN1c2cc(OCCF)c(C(N)=O)cc2NC1Nc1cc(CNC(=O)C(C)(C)C)ccc1Cl. The van der Waals surface area contributed by atoms with Crippen LogP contribution in [0.5, 0.6) is 5.75 Å². The Bertz CT molecular complexity index is 1060. The molecule has 33 heavy (non-hydrogen) atoms. The third-order valence-electron chi connectivity index (χ3n) is 5.21. The van der Waals surface area contributed by atoms with Crippen LogP contribution in [0.4, 0.5) is 21.5 Å². The molecule has 1 aliphatic heterocycles. The molecule has 0 saturated heterocycles. The number of nitrogens with one attached hydrogen (secondary N) is 3. The normalized spacial score (nSPS) is 15.0. The van der Waals surface area contributed by atoms with Crippen LogP contribution in [-0.2, 0) is 11.3 Å². The zero-order valence-electron chi connectivity index (χ0n) is 19.1. The molecular formula is C23H29ClFN5O3.